The largest absolute Gasteiger partial charge is 0.394 e. The Morgan fingerprint density at radius 2 is 2.24 bits per heavy atom. The Hall–Kier alpha value is -2.13. The van der Waals surface area contributed by atoms with Gasteiger partial charge in [-0.1, -0.05) is 5.11 Å². The molecule has 4 atom stereocenters. The Balaban J connectivity index is 2.46. The quantitative estimate of drug-likeness (QED) is 0.362. The molecule has 10 nitrogen and oxygen atoms in total. The second-order valence-electron chi connectivity index (χ2n) is 4.77. The molecule has 1 aromatic rings. The molecule has 0 spiro atoms. The molecule has 1 aliphatic rings. The van der Waals surface area contributed by atoms with Crippen molar-refractivity contribution in [3.8, 4) is 0 Å². The minimum atomic E-state index is -1.17. The van der Waals surface area contributed by atoms with Gasteiger partial charge in [0, 0.05) is 16.7 Å². The summed E-state index contributed by atoms with van der Waals surface area (Å²) >= 11 is 0. The predicted molar refractivity (Wildman–Crippen MR) is 70.9 cm³/mol. The number of H-pyrrole nitrogens is 1. The summed E-state index contributed by atoms with van der Waals surface area (Å²) in [5.41, 5.74) is 7.45. The average Bonchev–Trinajstić information content (AvgIpc) is 2.77. The van der Waals surface area contributed by atoms with Gasteiger partial charge in [-0.05, 0) is 12.5 Å². The molecule has 0 radical (unpaired) electrons. The molecular weight excluding hydrogens is 282 g/mol. The summed E-state index contributed by atoms with van der Waals surface area (Å²) in [6.07, 6.45) is -1.54. The lowest BCUT2D eigenvalue weighted by Gasteiger charge is -2.21. The van der Waals surface area contributed by atoms with Crippen LogP contribution in [0, 0.1) is 6.92 Å². The van der Waals surface area contributed by atoms with E-state index in [0.29, 0.717) is 0 Å². The fraction of sp³-hybridized carbons (Fsp3) is 0.636. The number of hydrogen-bond acceptors (Lipinski definition) is 6. The third-order valence-corrected chi connectivity index (χ3v) is 3.43. The maximum atomic E-state index is 11.9. The van der Waals surface area contributed by atoms with Crippen LogP contribution in [-0.4, -0.2) is 51.2 Å². The number of hydrogen-bond donors (Lipinski definition) is 3. The molecule has 0 unspecified atom stereocenters. The number of ether oxygens (including phenoxy) is 1. The monoisotopic (exact) mass is 297 g/mol. The molecule has 0 saturated carbocycles. The molecule has 1 fully saturated rings. The smallest absolute Gasteiger partial charge is 0.328 e. The van der Waals surface area contributed by atoms with Crippen molar-refractivity contribution < 1.29 is 14.9 Å². The Kier molecular flexibility index (Phi) is 4.43. The standard InChI is InChI=1S/C11H15N5O5/c1-5-3-16(11(20)14-10(5)19)8-6(2-13-15-12)21-7(4-17)9(8)18/h3,6-9,17-18H,2,4H2,1H3,(H,14,19,20)/t6-,7-,8-,9-/m0/s1. The van der Waals surface area contributed by atoms with Crippen LogP contribution in [0.1, 0.15) is 11.6 Å². The minimum absolute atomic E-state index is 0.112. The zero-order chi connectivity index (χ0) is 15.6. The van der Waals surface area contributed by atoms with Crippen LogP contribution >= 0.6 is 0 Å². The van der Waals surface area contributed by atoms with Crippen molar-refractivity contribution in [2.75, 3.05) is 13.2 Å². The van der Waals surface area contributed by atoms with Gasteiger partial charge in [-0.25, -0.2) is 4.79 Å². The van der Waals surface area contributed by atoms with Crippen LogP contribution < -0.4 is 11.2 Å². The van der Waals surface area contributed by atoms with E-state index in [2.05, 4.69) is 15.0 Å². The van der Waals surface area contributed by atoms with E-state index in [0.717, 1.165) is 4.57 Å². The number of aliphatic hydroxyl groups is 2. The molecule has 0 amide bonds. The number of nitrogens with zero attached hydrogens (tertiary/aromatic N) is 4. The van der Waals surface area contributed by atoms with Crippen LogP contribution in [0.4, 0.5) is 0 Å². The Labute approximate surface area is 118 Å². The Morgan fingerprint density at radius 3 is 2.86 bits per heavy atom. The maximum absolute atomic E-state index is 11.9. The summed E-state index contributed by atoms with van der Waals surface area (Å²) < 4.78 is 6.53. The molecule has 114 valence electrons. The van der Waals surface area contributed by atoms with Crippen molar-refractivity contribution in [1.29, 1.82) is 0 Å². The van der Waals surface area contributed by atoms with E-state index in [4.69, 9.17) is 10.3 Å². The average molecular weight is 297 g/mol. The number of aromatic amines is 1. The van der Waals surface area contributed by atoms with E-state index in [9.17, 15) is 19.8 Å². The molecule has 3 N–H and O–H groups in total. The zero-order valence-electron chi connectivity index (χ0n) is 11.2. The van der Waals surface area contributed by atoms with Crippen molar-refractivity contribution in [3.05, 3.63) is 43.0 Å². The van der Waals surface area contributed by atoms with Crippen molar-refractivity contribution in [2.24, 2.45) is 5.11 Å². The van der Waals surface area contributed by atoms with Crippen molar-refractivity contribution in [2.45, 2.75) is 31.3 Å². The molecule has 21 heavy (non-hydrogen) atoms. The molecule has 2 rings (SSSR count). The first-order valence-corrected chi connectivity index (χ1v) is 6.27. The van der Waals surface area contributed by atoms with Crippen LogP contribution in [0.2, 0.25) is 0 Å². The van der Waals surface area contributed by atoms with Crippen molar-refractivity contribution in [3.63, 3.8) is 0 Å². The van der Waals surface area contributed by atoms with E-state index < -0.39 is 42.2 Å². The van der Waals surface area contributed by atoms with Gasteiger partial charge in [-0.15, -0.1) is 0 Å². The van der Waals surface area contributed by atoms with E-state index in [-0.39, 0.29) is 12.1 Å². The van der Waals surface area contributed by atoms with Crippen LogP contribution in [0.3, 0.4) is 0 Å². The summed E-state index contributed by atoms with van der Waals surface area (Å²) in [6.45, 7) is 0.962. The molecule has 10 heteroatoms. The summed E-state index contributed by atoms with van der Waals surface area (Å²) in [6, 6.07) is -0.865. The molecular formula is C11H15N5O5. The van der Waals surface area contributed by atoms with Gasteiger partial charge in [0.1, 0.15) is 12.2 Å². The first-order valence-electron chi connectivity index (χ1n) is 6.27. The molecule has 0 bridgehead atoms. The van der Waals surface area contributed by atoms with Gasteiger partial charge >= 0.3 is 5.69 Å². The van der Waals surface area contributed by atoms with E-state index in [1.54, 1.807) is 0 Å². The second-order valence-corrected chi connectivity index (χ2v) is 4.77. The van der Waals surface area contributed by atoms with Gasteiger partial charge in [0.15, 0.2) is 0 Å². The van der Waals surface area contributed by atoms with Crippen LogP contribution in [0.15, 0.2) is 20.9 Å². The van der Waals surface area contributed by atoms with Crippen LogP contribution in [0.5, 0.6) is 0 Å². The normalized spacial score (nSPS) is 28.3. The fourth-order valence-electron chi connectivity index (χ4n) is 2.40. The molecule has 0 aliphatic carbocycles. The lowest BCUT2D eigenvalue weighted by molar-refractivity contribution is -0.0192. The summed E-state index contributed by atoms with van der Waals surface area (Å²) in [4.78, 5) is 28.1. The first-order chi connectivity index (χ1) is 9.99. The first kappa shape index (κ1) is 15.3. The van der Waals surface area contributed by atoms with Gasteiger partial charge in [0.2, 0.25) is 0 Å². The number of aliphatic hydroxyl groups excluding tert-OH is 2. The van der Waals surface area contributed by atoms with Gasteiger partial charge in [0.05, 0.1) is 25.3 Å². The zero-order valence-corrected chi connectivity index (χ0v) is 11.2. The van der Waals surface area contributed by atoms with Crippen LogP contribution in [-0.2, 0) is 4.74 Å². The Bertz CT molecular complexity index is 676. The number of aryl methyl sites for hydroxylation is 1. The molecule has 2 heterocycles. The number of rotatable bonds is 4. The van der Waals surface area contributed by atoms with Gasteiger partial charge < -0.3 is 14.9 Å². The minimum Gasteiger partial charge on any atom is -0.394 e. The highest BCUT2D eigenvalue weighted by molar-refractivity contribution is 5.05. The molecule has 1 aliphatic heterocycles. The Morgan fingerprint density at radius 1 is 1.52 bits per heavy atom. The summed E-state index contributed by atoms with van der Waals surface area (Å²) in [5.74, 6) is 0. The highest BCUT2D eigenvalue weighted by Crippen LogP contribution is 2.30. The second kappa shape index (κ2) is 6.10. The van der Waals surface area contributed by atoms with Crippen molar-refractivity contribution in [1.82, 2.24) is 9.55 Å². The van der Waals surface area contributed by atoms with E-state index in [1.165, 1.54) is 13.1 Å². The van der Waals surface area contributed by atoms with Gasteiger partial charge in [-0.3, -0.25) is 14.3 Å². The van der Waals surface area contributed by atoms with Gasteiger partial charge in [0.25, 0.3) is 5.56 Å². The highest BCUT2D eigenvalue weighted by Gasteiger charge is 2.44. The van der Waals surface area contributed by atoms with Crippen molar-refractivity contribution >= 4 is 0 Å². The number of aromatic nitrogens is 2. The van der Waals surface area contributed by atoms with E-state index in [1.807, 2.05) is 0 Å². The lowest BCUT2D eigenvalue weighted by Crippen LogP contribution is -2.41. The molecule has 1 aromatic heterocycles. The molecule has 0 aromatic carbocycles. The fourth-order valence-corrected chi connectivity index (χ4v) is 2.40. The lowest BCUT2D eigenvalue weighted by atomic mass is 10.0. The SMILES string of the molecule is Cc1cn([C@@H]2[C@@H](O)[C@H](CO)O[C@H]2CN=[N+]=[N-])c(=O)[nH]c1=O. The third-order valence-electron chi connectivity index (χ3n) is 3.43. The highest BCUT2D eigenvalue weighted by atomic mass is 16.5. The van der Waals surface area contributed by atoms with Gasteiger partial charge in [-0.2, -0.15) is 0 Å². The third kappa shape index (κ3) is 2.83. The molecule has 1 saturated heterocycles. The summed E-state index contributed by atoms with van der Waals surface area (Å²) in [5, 5.41) is 22.7. The maximum Gasteiger partial charge on any atom is 0.328 e. The number of azide groups is 1. The predicted octanol–water partition coefficient (Wildman–Crippen LogP) is -1.18. The van der Waals surface area contributed by atoms with E-state index >= 15 is 0 Å². The summed E-state index contributed by atoms with van der Waals surface area (Å²) in [7, 11) is 0. The van der Waals surface area contributed by atoms with Crippen LogP contribution in [0.25, 0.3) is 10.4 Å². The number of nitrogens with one attached hydrogen (secondary N) is 1. The topological polar surface area (TPSA) is 153 Å².